The highest BCUT2D eigenvalue weighted by Crippen LogP contribution is 2.23. The molecule has 1 aromatic heterocycles. The summed E-state index contributed by atoms with van der Waals surface area (Å²) in [5, 5.41) is 3.41. The van der Waals surface area contributed by atoms with Crippen LogP contribution in [0, 0.1) is 0 Å². The van der Waals surface area contributed by atoms with Crippen LogP contribution in [0.15, 0.2) is 18.2 Å². The van der Waals surface area contributed by atoms with Gasteiger partial charge in [-0.15, -0.1) is 0 Å². The van der Waals surface area contributed by atoms with Crippen LogP contribution < -0.4 is 5.32 Å². The molecule has 0 fully saturated rings. The maximum absolute atomic E-state index is 4.27. The van der Waals surface area contributed by atoms with Crippen molar-refractivity contribution < 1.29 is 0 Å². The predicted molar refractivity (Wildman–Crippen MR) is 60.8 cm³/mol. The molecule has 0 aliphatic rings. The van der Waals surface area contributed by atoms with Crippen molar-refractivity contribution in [3.8, 4) is 0 Å². The third-order valence-electron chi connectivity index (χ3n) is 1.80. The van der Waals surface area contributed by atoms with Gasteiger partial charge >= 0.3 is 0 Å². The molecule has 0 saturated carbocycles. The SMILES string of the molecule is CC(C)(C)Nc1cccc2nsnc12. The fourth-order valence-electron chi connectivity index (χ4n) is 1.31. The molecule has 1 aromatic carbocycles. The van der Waals surface area contributed by atoms with Crippen molar-refractivity contribution in [2.24, 2.45) is 0 Å². The largest absolute Gasteiger partial charge is 0.379 e. The predicted octanol–water partition coefficient (Wildman–Crippen LogP) is 2.90. The summed E-state index contributed by atoms with van der Waals surface area (Å²) in [5.74, 6) is 0. The normalized spacial score (nSPS) is 11.9. The van der Waals surface area contributed by atoms with Crippen molar-refractivity contribution in [3.63, 3.8) is 0 Å². The van der Waals surface area contributed by atoms with Gasteiger partial charge in [0.1, 0.15) is 11.0 Å². The van der Waals surface area contributed by atoms with Gasteiger partial charge in [-0.2, -0.15) is 8.75 Å². The summed E-state index contributed by atoms with van der Waals surface area (Å²) in [6.45, 7) is 6.39. The fourth-order valence-corrected chi connectivity index (χ4v) is 1.86. The Morgan fingerprint density at radius 2 is 2.00 bits per heavy atom. The van der Waals surface area contributed by atoms with Crippen molar-refractivity contribution >= 4 is 28.4 Å². The van der Waals surface area contributed by atoms with Crippen molar-refractivity contribution in [3.05, 3.63) is 18.2 Å². The monoisotopic (exact) mass is 207 g/mol. The zero-order valence-electron chi connectivity index (χ0n) is 8.53. The van der Waals surface area contributed by atoms with Gasteiger partial charge in [0.25, 0.3) is 0 Å². The molecular formula is C10H13N3S. The summed E-state index contributed by atoms with van der Waals surface area (Å²) < 4.78 is 8.47. The highest BCUT2D eigenvalue weighted by Gasteiger charge is 2.12. The van der Waals surface area contributed by atoms with Gasteiger partial charge in [0.15, 0.2) is 0 Å². The molecule has 1 N–H and O–H groups in total. The molecule has 2 aromatic rings. The first-order valence-corrected chi connectivity index (χ1v) is 5.29. The molecular weight excluding hydrogens is 194 g/mol. The van der Waals surface area contributed by atoms with Crippen molar-refractivity contribution in [1.29, 1.82) is 0 Å². The summed E-state index contributed by atoms with van der Waals surface area (Å²) >= 11 is 1.25. The number of benzene rings is 1. The molecule has 0 atom stereocenters. The van der Waals surface area contributed by atoms with Crippen LogP contribution in [-0.2, 0) is 0 Å². The van der Waals surface area contributed by atoms with Crippen molar-refractivity contribution in [2.45, 2.75) is 26.3 Å². The van der Waals surface area contributed by atoms with Crippen LogP contribution in [0.2, 0.25) is 0 Å². The summed E-state index contributed by atoms with van der Waals surface area (Å²) in [6, 6.07) is 6.01. The van der Waals surface area contributed by atoms with E-state index in [4.69, 9.17) is 0 Å². The van der Waals surface area contributed by atoms with Crippen molar-refractivity contribution in [2.75, 3.05) is 5.32 Å². The standard InChI is InChI=1S/C10H13N3S/c1-10(2,3)11-7-5-4-6-8-9(7)13-14-12-8/h4-6,11H,1-3H3. The summed E-state index contributed by atoms with van der Waals surface area (Å²) in [6.07, 6.45) is 0. The molecule has 4 heteroatoms. The number of nitrogens with one attached hydrogen (secondary N) is 1. The third-order valence-corrected chi connectivity index (χ3v) is 2.34. The van der Waals surface area contributed by atoms with Gasteiger partial charge in [-0.3, -0.25) is 0 Å². The van der Waals surface area contributed by atoms with E-state index in [0.717, 1.165) is 16.7 Å². The van der Waals surface area contributed by atoms with Gasteiger partial charge in [-0.05, 0) is 32.9 Å². The summed E-state index contributed by atoms with van der Waals surface area (Å²) in [4.78, 5) is 0. The minimum absolute atomic E-state index is 0.0535. The van der Waals surface area contributed by atoms with Crippen LogP contribution in [0.1, 0.15) is 20.8 Å². The lowest BCUT2D eigenvalue weighted by molar-refractivity contribution is 0.635. The van der Waals surface area contributed by atoms with Crippen LogP contribution in [-0.4, -0.2) is 14.3 Å². The van der Waals surface area contributed by atoms with Gasteiger partial charge in [-0.1, -0.05) is 6.07 Å². The van der Waals surface area contributed by atoms with E-state index in [9.17, 15) is 0 Å². The van der Waals surface area contributed by atoms with E-state index in [2.05, 4.69) is 34.8 Å². The zero-order chi connectivity index (χ0) is 10.2. The maximum atomic E-state index is 4.27. The quantitative estimate of drug-likeness (QED) is 0.781. The molecule has 14 heavy (non-hydrogen) atoms. The van der Waals surface area contributed by atoms with Gasteiger partial charge in [0.05, 0.1) is 17.4 Å². The first-order valence-electron chi connectivity index (χ1n) is 4.56. The Morgan fingerprint density at radius 1 is 1.21 bits per heavy atom. The second-order valence-corrected chi connectivity index (χ2v) is 4.84. The Bertz CT molecular complexity index is 442. The molecule has 74 valence electrons. The van der Waals surface area contributed by atoms with Gasteiger partial charge in [0.2, 0.25) is 0 Å². The van der Waals surface area contributed by atoms with Gasteiger partial charge in [-0.25, -0.2) is 0 Å². The zero-order valence-corrected chi connectivity index (χ0v) is 9.35. The average molecular weight is 207 g/mol. The smallest absolute Gasteiger partial charge is 0.127 e. The van der Waals surface area contributed by atoms with Crippen molar-refractivity contribution in [1.82, 2.24) is 8.75 Å². The van der Waals surface area contributed by atoms with Gasteiger partial charge < -0.3 is 5.32 Å². The maximum Gasteiger partial charge on any atom is 0.127 e. The lowest BCUT2D eigenvalue weighted by Crippen LogP contribution is -2.26. The number of nitrogens with zero attached hydrogens (tertiary/aromatic N) is 2. The Labute approximate surface area is 87.5 Å². The molecule has 0 aliphatic carbocycles. The Hall–Kier alpha value is -1.16. The van der Waals surface area contributed by atoms with E-state index >= 15 is 0 Å². The molecule has 2 rings (SSSR count). The minimum atomic E-state index is 0.0535. The first kappa shape index (κ1) is 9.40. The molecule has 0 spiro atoms. The number of fused-ring (bicyclic) bond motifs is 1. The topological polar surface area (TPSA) is 37.8 Å². The Balaban J connectivity index is 2.46. The molecule has 0 radical (unpaired) electrons. The lowest BCUT2D eigenvalue weighted by atomic mass is 10.1. The summed E-state index contributed by atoms with van der Waals surface area (Å²) in [5.41, 5.74) is 3.04. The number of aromatic nitrogens is 2. The highest BCUT2D eigenvalue weighted by atomic mass is 32.1. The lowest BCUT2D eigenvalue weighted by Gasteiger charge is -2.22. The average Bonchev–Trinajstić information content (AvgIpc) is 2.49. The Morgan fingerprint density at radius 3 is 2.71 bits per heavy atom. The van der Waals surface area contributed by atoms with E-state index in [-0.39, 0.29) is 5.54 Å². The van der Waals surface area contributed by atoms with E-state index in [1.54, 1.807) is 0 Å². The molecule has 1 heterocycles. The molecule has 0 unspecified atom stereocenters. The fraction of sp³-hybridized carbons (Fsp3) is 0.400. The van der Waals surface area contributed by atoms with Crippen LogP contribution in [0.3, 0.4) is 0 Å². The van der Waals surface area contributed by atoms with E-state index in [1.807, 2.05) is 18.2 Å². The molecule has 0 saturated heterocycles. The Kier molecular flexibility index (Phi) is 2.15. The van der Waals surface area contributed by atoms with E-state index < -0.39 is 0 Å². The third kappa shape index (κ3) is 1.85. The van der Waals surface area contributed by atoms with Crippen LogP contribution in [0.4, 0.5) is 5.69 Å². The van der Waals surface area contributed by atoms with Crippen LogP contribution >= 0.6 is 11.7 Å². The van der Waals surface area contributed by atoms with Crippen LogP contribution in [0.25, 0.3) is 11.0 Å². The van der Waals surface area contributed by atoms with E-state index in [0.29, 0.717) is 0 Å². The van der Waals surface area contributed by atoms with Gasteiger partial charge in [0, 0.05) is 5.54 Å². The molecule has 3 nitrogen and oxygen atoms in total. The molecule has 0 bridgehead atoms. The second-order valence-electron chi connectivity index (χ2n) is 4.31. The van der Waals surface area contributed by atoms with Crippen LogP contribution in [0.5, 0.6) is 0 Å². The summed E-state index contributed by atoms with van der Waals surface area (Å²) in [7, 11) is 0. The number of hydrogen-bond donors (Lipinski definition) is 1. The number of hydrogen-bond acceptors (Lipinski definition) is 4. The number of rotatable bonds is 1. The molecule has 0 amide bonds. The minimum Gasteiger partial charge on any atom is -0.379 e. The highest BCUT2D eigenvalue weighted by molar-refractivity contribution is 7.00. The van der Waals surface area contributed by atoms with E-state index in [1.165, 1.54) is 11.7 Å². The number of anilines is 1. The molecule has 0 aliphatic heterocycles. The first-order chi connectivity index (χ1) is 6.56. The second kappa shape index (κ2) is 3.20.